The van der Waals surface area contributed by atoms with Crippen molar-refractivity contribution in [2.45, 2.75) is 51.2 Å². The summed E-state index contributed by atoms with van der Waals surface area (Å²) < 4.78 is 7.37. The highest BCUT2D eigenvalue weighted by molar-refractivity contribution is 5.76. The second-order valence-electron chi connectivity index (χ2n) is 7.61. The van der Waals surface area contributed by atoms with E-state index in [9.17, 15) is 14.4 Å². The van der Waals surface area contributed by atoms with Crippen LogP contribution in [0.2, 0.25) is 0 Å². The van der Waals surface area contributed by atoms with Crippen LogP contribution >= 0.6 is 0 Å². The Balaban J connectivity index is 1.35. The molecule has 0 atom stereocenters. The second-order valence-corrected chi connectivity index (χ2v) is 7.61. The average Bonchev–Trinajstić information content (AvgIpc) is 3.40. The number of hydrogen-bond acceptors (Lipinski definition) is 5. The first-order chi connectivity index (χ1) is 14.5. The summed E-state index contributed by atoms with van der Waals surface area (Å²) in [5.74, 6) is 1.17. The van der Waals surface area contributed by atoms with Gasteiger partial charge in [-0.3, -0.25) is 19.1 Å². The van der Waals surface area contributed by atoms with Crippen molar-refractivity contribution in [2.24, 2.45) is 7.05 Å². The number of ether oxygens (including phenoxy) is 1. The molecule has 2 heterocycles. The Hall–Kier alpha value is -3.36. The summed E-state index contributed by atoms with van der Waals surface area (Å²) in [4.78, 5) is 45.3. The Bertz CT molecular complexity index is 1170. The zero-order chi connectivity index (χ0) is 21.1. The van der Waals surface area contributed by atoms with Crippen molar-refractivity contribution in [3.63, 3.8) is 0 Å². The number of aromatic nitrogens is 4. The van der Waals surface area contributed by atoms with Crippen molar-refractivity contribution in [1.82, 2.24) is 24.8 Å². The maximum atomic E-state index is 12.3. The molecule has 1 aliphatic rings. The van der Waals surface area contributed by atoms with E-state index in [0.29, 0.717) is 18.8 Å². The third-order valence-electron chi connectivity index (χ3n) is 5.44. The smallest absolute Gasteiger partial charge is 0.329 e. The minimum Gasteiger partial charge on any atom is -0.490 e. The SMILES string of the molecule is Cn1c(=O)[nH]c(=O)c2[nH]c(CCC(=O)NCc3ccccc3OC3CCCC3)nc21. The van der Waals surface area contributed by atoms with E-state index in [0.717, 1.165) is 24.2 Å². The van der Waals surface area contributed by atoms with Gasteiger partial charge in [0.25, 0.3) is 5.56 Å². The molecule has 0 spiro atoms. The lowest BCUT2D eigenvalue weighted by Crippen LogP contribution is -2.28. The summed E-state index contributed by atoms with van der Waals surface area (Å²) in [6.07, 6.45) is 5.34. The Labute approximate surface area is 172 Å². The van der Waals surface area contributed by atoms with Gasteiger partial charge < -0.3 is 15.0 Å². The van der Waals surface area contributed by atoms with E-state index >= 15 is 0 Å². The van der Waals surface area contributed by atoms with Gasteiger partial charge in [-0.25, -0.2) is 9.78 Å². The van der Waals surface area contributed by atoms with Crippen molar-refractivity contribution in [2.75, 3.05) is 0 Å². The number of nitrogens with one attached hydrogen (secondary N) is 3. The molecule has 0 unspecified atom stereocenters. The number of amides is 1. The fraction of sp³-hybridized carbons (Fsp3) is 0.429. The number of hydrogen-bond donors (Lipinski definition) is 3. The normalized spacial score (nSPS) is 14.3. The molecule has 1 aromatic carbocycles. The number of carbonyl (C=O) groups is 1. The zero-order valence-electron chi connectivity index (χ0n) is 16.9. The number of imidazole rings is 1. The fourth-order valence-electron chi connectivity index (χ4n) is 3.74. The van der Waals surface area contributed by atoms with Crippen LogP contribution in [0.3, 0.4) is 0 Å². The number of nitrogens with zero attached hydrogens (tertiary/aromatic N) is 2. The summed E-state index contributed by atoms with van der Waals surface area (Å²) in [7, 11) is 1.53. The summed E-state index contributed by atoms with van der Waals surface area (Å²) in [6.45, 7) is 0.385. The summed E-state index contributed by atoms with van der Waals surface area (Å²) in [5.41, 5.74) is 0.405. The number of aryl methyl sites for hydroxylation is 2. The van der Waals surface area contributed by atoms with Gasteiger partial charge in [-0.1, -0.05) is 18.2 Å². The maximum Gasteiger partial charge on any atom is 0.329 e. The third-order valence-corrected chi connectivity index (χ3v) is 5.44. The number of rotatable bonds is 7. The number of aromatic amines is 2. The average molecular weight is 411 g/mol. The number of carbonyl (C=O) groups excluding carboxylic acids is 1. The summed E-state index contributed by atoms with van der Waals surface area (Å²) >= 11 is 0. The number of H-pyrrole nitrogens is 2. The summed E-state index contributed by atoms with van der Waals surface area (Å²) in [5, 5.41) is 2.92. The molecule has 1 amide bonds. The van der Waals surface area contributed by atoms with Crippen molar-refractivity contribution in [1.29, 1.82) is 0 Å². The quantitative estimate of drug-likeness (QED) is 0.544. The lowest BCUT2D eigenvalue weighted by Gasteiger charge is -2.16. The van der Waals surface area contributed by atoms with Crippen molar-refractivity contribution in [3.8, 4) is 5.75 Å². The van der Waals surface area contributed by atoms with E-state index < -0.39 is 11.2 Å². The highest BCUT2D eigenvalue weighted by Gasteiger charge is 2.18. The maximum absolute atomic E-state index is 12.3. The topological polar surface area (TPSA) is 122 Å². The number of para-hydroxylation sites is 1. The standard InChI is InChI=1S/C21H25N5O4/c1-26-19-18(20(28)25-21(26)29)23-16(24-19)10-11-17(27)22-12-13-6-2-5-9-15(13)30-14-7-3-4-8-14/h2,5-6,9,14H,3-4,7-8,10-12H2,1H3,(H,22,27)(H,23,24)(H,25,28,29). The van der Waals surface area contributed by atoms with Crippen LogP contribution in [0.25, 0.3) is 11.2 Å². The van der Waals surface area contributed by atoms with Gasteiger partial charge in [0.05, 0.1) is 6.10 Å². The first kappa shape index (κ1) is 19.9. The molecule has 1 saturated carbocycles. The van der Waals surface area contributed by atoms with E-state index in [-0.39, 0.29) is 29.6 Å². The van der Waals surface area contributed by atoms with E-state index in [1.54, 1.807) is 0 Å². The molecule has 1 fully saturated rings. The van der Waals surface area contributed by atoms with Gasteiger partial charge in [0, 0.05) is 32.0 Å². The third kappa shape index (κ3) is 4.29. The van der Waals surface area contributed by atoms with E-state index in [2.05, 4.69) is 20.3 Å². The van der Waals surface area contributed by atoms with Crippen molar-refractivity contribution in [3.05, 3.63) is 56.5 Å². The largest absolute Gasteiger partial charge is 0.490 e. The Morgan fingerprint density at radius 3 is 2.80 bits per heavy atom. The monoisotopic (exact) mass is 411 g/mol. The van der Waals surface area contributed by atoms with Crippen LogP contribution in [0.5, 0.6) is 5.75 Å². The highest BCUT2D eigenvalue weighted by atomic mass is 16.5. The molecular formula is C21H25N5O4. The molecule has 0 radical (unpaired) electrons. The number of benzene rings is 1. The van der Waals surface area contributed by atoms with Gasteiger partial charge in [-0.05, 0) is 31.7 Å². The minimum atomic E-state index is -0.526. The molecular weight excluding hydrogens is 386 g/mol. The molecule has 158 valence electrons. The molecule has 3 aromatic rings. The van der Waals surface area contributed by atoms with Gasteiger partial charge in [-0.15, -0.1) is 0 Å². The predicted octanol–water partition coefficient (Wildman–Crippen LogP) is 1.52. The van der Waals surface area contributed by atoms with Gasteiger partial charge >= 0.3 is 5.69 Å². The van der Waals surface area contributed by atoms with Crippen molar-refractivity contribution >= 4 is 17.1 Å². The molecule has 1 aliphatic carbocycles. The van der Waals surface area contributed by atoms with Gasteiger partial charge in [0.15, 0.2) is 5.65 Å². The van der Waals surface area contributed by atoms with Crippen LogP contribution in [0.15, 0.2) is 33.9 Å². The zero-order valence-corrected chi connectivity index (χ0v) is 16.9. The van der Waals surface area contributed by atoms with E-state index in [1.165, 1.54) is 24.5 Å². The van der Waals surface area contributed by atoms with Gasteiger partial charge in [-0.2, -0.15) is 0 Å². The van der Waals surface area contributed by atoms with Crippen LogP contribution in [0.4, 0.5) is 0 Å². The van der Waals surface area contributed by atoms with Crippen LogP contribution < -0.4 is 21.3 Å². The summed E-state index contributed by atoms with van der Waals surface area (Å²) in [6, 6.07) is 7.76. The molecule has 9 heteroatoms. The Morgan fingerprint density at radius 2 is 2.00 bits per heavy atom. The predicted molar refractivity (Wildman–Crippen MR) is 111 cm³/mol. The van der Waals surface area contributed by atoms with E-state index in [4.69, 9.17) is 4.74 Å². The van der Waals surface area contributed by atoms with Gasteiger partial charge in [0.2, 0.25) is 5.91 Å². The Kier molecular flexibility index (Phi) is 5.69. The van der Waals surface area contributed by atoms with Crippen LogP contribution in [0, 0.1) is 0 Å². The lowest BCUT2D eigenvalue weighted by molar-refractivity contribution is -0.121. The molecule has 9 nitrogen and oxygen atoms in total. The van der Waals surface area contributed by atoms with Crippen LogP contribution in [-0.2, 0) is 24.8 Å². The molecule has 2 aromatic heterocycles. The fourth-order valence-corrected chi connectivity index (χ4v) is 3.74. The van der Waals surface area contributed by atoms with E-state index in [1.807, 2.05) is 24.3 Å². The Morgan fingerprint density at radius 1 is 1.23 bits per heavy atom. The molecule has 3 N–H and O–H groups in total. The molecule has 0 bridgehead atoms. The molecule has 30 heavy (non-hydrogen) atoms. The highest BCUT2D eigenvalue weighted by Crippen LogP contribution is 2.26. The van der Waals surface area contributed by atoms with Crippen LogP contribution in [-0.4, -0.2) is 31.5 Å². The lowest BCUT2D eigenvalue weighted by atomic mass is 10.2. The number of fused-ring (bicyclic) bond motifs is 1. The second kappa shape index (κ2) is 8.56. The molecule has 4 rings (SSSR count). The first-order valence-corrected chi connectivity index (χ1v) is 10.2. The molecule has 0 aliphatic heterocycles. The van der Waals surface area contributed by atoms with Crippen LogP contribution in [0.1, 0.15) is 43.5 Å². The first-order valence-electron chi connectivity index (χ1n) is 10.2. The van der Waals surface area contributed by atoms with Crippen molar-refractivity contribution < 1.29 is 9.53 Å². The van der Waals surface area contributed by atoms with Gasteiger partial charge in [0.1, 0.15) is 17.1 Å². The minimum absolute atomic E-state index is 0.131. The molecule has 0 saturated heterocycles.